The molecule has 1 amide bonds. The molecule has 1 fully saturated rings. The molecule has 0 saturated heterocycles. The van der Waals surface area contributed by atoms with E-state index in [1.165, 1.54) is 22.7 Å². The van der Waals surface area contributed by atoms with E-state index in [0.717, 1.165) is 18.5 Å². The molecule has 1 saturated carbocycles. The van der Waals surface area contributed by atoms with Crippen molar-refractivity contribution in [2.75, 3.05) is 13.3 Å². The summed E-state index contributed by atoms with van der Waals surface area (Å²) in [5, 5.41) is 0.610. The van der Waals surface area contributed by atoms with Crippen molar-refractivity contribution in [3.8, 4) is 0 Å². The summed E-state index contributed by atoms with van der Waals surface area (Å²) >= 11 is 1.48. The van der Waals surface area contributed by atoms with Crippen LogP contribution < -0.4 is 0 Å². The molecule has 32 heavy (non-hydrogen) atoms. The minimum absolute atomic E-state index is 0.00429. The van der Waals surface area contributed by atoms with Gasteiger partial charge in [-0.15, -0.1) is 0 Å². The van der Waals surface area contributed by atoms with Crippen molar-refractivity contribution < 1.29 is 23.0 Å². The quantitative estimate of drug-likeness (QED) is 0.273. The molecule has 3 atom stereocenters. The zero-order valence-corrected chi connectivity index (χ0v) is 21.8. The number of carbonyl (C=O) groups is 1. The van der Waals surface area contributed by atoms with Gasteiger partial charge in [0, 0.05) is 31.4 Å². The summed E-state index contributed by atoms with van der Waals surface area (Å²) < 4.78 is 40.2. The fourth-order valence-electron chi connectivity index (χ4n) is 3.65. The number of amidine groups is 1. The van der Waals surface area contributed by atoms with Crippen LogP contribution in [0.2, 0.25) is 25.7 Å². The number of carbonyl (C=O) groups excluding carboxylic acids is 1. The molecule has 1 heterocycles. The van der Waals surface area contributed by atoms with E-state index in [-0.39, 0.29) is 23.5 Å². The van der Waals surface area contributed by atoms with E-state index >= 15 is 0 Å². The summed E-state index contributed by atoms with van der Waals surface area (Å²) in [5.41, 5.74) is -1.43. The summed E-state index contributed by atoms with van der Waals surface area (Å²) in [6, 6.07) is 5.14. The molecule has 1 aliphatic heterocycles. The Morgan fingerprint density at radius 3 is 2.62 bits per heavy atom. The smallest absolute Gasteiger partial charge is 0.418 e. The lowest BCUT2D eigenvalue weighted by Gasteiger charge is -2.35. The number of ether oxygens (including phenoxy) is 2. The average molecular weight is 485 g/mol. The Hall–Kier alpha value is -1.45. The van der Waals surface area contributed by atoms with Gasteiger partial charge in [-0.1, -0.05) is 43.5 Å². The Morgan fingerprint density at radius 2 is 2.00 bits per heavy atom. The number of nitrogens with zero attached hydrogens (tertiary/aromatic N) is 2. The van der Waals surface area contributed by atoms with Crippen LogP contribution in [0.5, 0.6) is 0 Å². The number of hydrogen-bond donors (Lipinski definition) is 0. The Labute approximate surface area is 195 Å². The molecular formula is C23H34F2N2O3SSi. The van der Waals surface area contributed by atoms with Gasteiger partial charge in [-0.2, -0.15) is 0 Å². The van der Waals surface area contributed by atoms with Crippen LogP contribution in [0.15, 0.2) is 23.2 Å². The first-order valence-corrected chi connectivity index (χ1v) is 15.6. The molecule has 0 spiro atoms. The molecule has 0 bridgehead atoms. The molecular weight excluding hydrogens is 450 g/mol. The van der Waals surface area contributed by atoms with Crippen LogP contribution in [-0.2, 0) is 15.0 Å². The van der Waals surface area contributed by atoms with Gasteiger partial charge in [0.25, 0.3) is 0 Å². The topological polar surface area (TPSA) is 51.1 Å². The third-order valence-corrected chi connectivity index (χ3v) is 8.65. The fraction of sp³-hybridized carbons (Fsp3) is 0.652. The summed E-state index contributed by atoms with van der Waals surface area (Å²) in [6.45, 7) is 14.5. The molecule has 0 N–H and O–H groups in total. The van der Waals surface area contributed by atoms with Crippen molar-refractivity contribution in [2.45, 2.75) is 76.2 Å². The molecule has 5 nitrogen and oxygen atoms in total. The van der Waals surface area contributed by atoms with Crippen molar-refractivity contribution >= 4 is 31.1 Å². The van der Waals surface area contributed by atoms with Gasteiger partial charge in [-0.3, -0.25) is 4.99 Å². The van der Waals surface area contributed by atoms with Crippen LogP contribution in [-0.4, -0.2) is 48.4 Å². The average Bonchev–Trinajstić information content (AvgIpc) is 3.42. The number of benzene rings is 1. The van der Waals surface area contributed by atoms with E-state index in [4.69, 9.17) is 14.5 Å². The first-order chi connectivity index (χ1) is 14.7. The molecule has 0 aromatic heterocycles. The number of halogens is 2. The van der Waals surface area contributed by atoms with E-state index in [1.54, 1.807) is 26.8 Å². The molecule has 178 valence electrons. The van der Waals surface area contributed by atoms with E-state index < -0.39 is 36.9 Å². The highest BCUT2D eigenvalue weighted by Gasteiger charge is 2.57. The Balaban J connectivity index is 1.90. The summed E-state index contributed by atoms with van der Waals surface area (Å²) in [7, 11) is -1.29. The predicted octanol–water partition coefficient (Wildman–Crippen LogP) is 6.22. The van der Waals surface area contributed by atoms with Crippen molar-refractivity contribution in [1.29, 1.82) is 0 Å². The number of aliphatic imine (C=N–C) groups is 1. The second-order valence-electron chi connectivity index (χ2n) is 10.9. The Kier molecular flexibility index (Phi) is 7.13. The second kappa shape index (κ2) is 9.06. The summed E-state index contributed by atoms with van der Waals surface area (Å²) in [4.78, 5) is 19.2. The Bertz CT molecular complexity index is 900. The maximum Gasteiger partial charge on any atom is 0.418 e. The lowest BCUT2D eigenvalue weighted by Crippen LogP contribution is -2.44. The first-order valence-electron chi connectivity index (χ1n) is 11.0. The monoisotopic (exact) mass is 484 g/mol. The summed E-state index contributed by atoms with van der Waals surface area (Å²) in [5.74, 6) is -1.69. The van der Waals surface area contributed by atoms with E-state index in [1.807, 2.05) is 6.92 Å². The zero-order valence-electron chi connectivity index (χ0n) is 20.0. The highest BCUT2D eigenvalue weighted by atomic mass is 32.2. The molecule has 1 aromatic rings. The van der Waals surface area contributed by atoms with Gasteiger partial charge in [0.05, 0.1) is 5.54 Å². The van der Waals surface area contributed by atoms with E-state index in [2.05, 4.69) is 19.6 Å². The standard InChI is InChI=1S/C23H34F2N2O3SSi/c1-22(2,3)30-21(28)27(14-29-11-12-32(5,6)7)20-26-23(4,16-13-18(16)31-20)15-9-8-10-17(24)19(15)25/h8-10,16,18H,11-14H2,1-7H3/t16?,18?,23-/m1/s1. The van der Waals surface area contributed by atoms with Gasteiger partial charge in [-0.05, 0) is 46.2 Å². The predicted molar refractivity (Wildman–Crippen MR) is 128 cm³/mol. The molecule has 2 unspecified atom stereocenters. The van der Waals surface area contributed by atoms with Crippen LogP contribution in [0.3, 0.4) is 0 Å². The molecule has 3 rings (SSSR count). The Morgan fingerprint density at radius 1 is 1.31 bits per heavy atom. The van der Waals surface area contributed by atoms with Crippen LogP contribution in [0.25, 0.3) is 0 Å². The lowest BCUT2D eigenvalue weighted by molar-refractivity contribution is 0.0110. The lowest BCUT2D eigenvalue weighted by atomic mass is 9.87. The van der Waals surface area contributed by atoms with Crippen LogP contribution in [0.4, 0.5) is 13.6 Å². The van der Waals surface area contributed by atoms with Gasteiger partial charge in [-0.25, -0.2) is 18.5 Å². The summed E-state index contributed by atoms with van der Waals surface area (Å²) in [6.07, 6.45) is 0.265. The van der Waals surface area contributed by atoms with Crippen molar-refractivity contribution in [2.24, 2.45) is 10.9 Å². The van der Waals surface area contributed by atoms with Crippen LogP contribution in [0.1, 0.15) is 39.7 Å². The van der Waals surface area contributed by atoms with Crippen molar-refractivity contribution in [1.82, 2.24) is 4.90 Å². The number of thioether (sulfide) groups is 1. The van der Waals surface area contributed by atoms with Gasteiger partial charge in [0.15, 0.2) is 16.8 Å². The normalized spacial score (nSPS) is 25.1. The number of hydrogen-bond acceptors (Lipinski definition) is 5. The molecule has 0 radical (unpaired) electrons. The number of rotatable bonds is 6. The van der Waals surface area contributed by atoms with Gasteiger partial charge in [0.2, 0.25) is 0 Å². The molecule has 9 heteroatoms. The first kappa shape index (κ1) is 25.2. The minimum atomic E-state index is -1.29. The molecule has 2 aliphatic rings. The SMILES string of the molecule is CC(C)(C)OC(=O)N(COCC[Si](C)(C)C)C1=N[C@](C)(c2cccc(F)c2F)C2CC2S1. The number of amides is 1. The third-order valence-electron chi connectivity index (χ3n) is 5.60. The van der Waals surface area contributed by atoms with Gasteiger partial charge >= 0.3 is 6.09 Å². The van der Waals surface area contributed by atoms with Gasteiger partial charge < -0.3 is 9.47 Å². The second-order valence-corrected chi connectivity index (χ2v) is 17.7. The molecule has 1 aromatic carbocycles. The van der Waals surface area contributed by atoms with E-state index in [9.17, 15) is 13.6 Å². The van der Waals surface area contributed by atoms with Crippen LogP contribution >= 0.6 is 11.8 Å². The maximum absolute atomic E-state index is 14.7. The maximum atomic E-state index is 14.7. The van der Waals surface area contributed by atoms with Gasteiger partial charge in [0.1, 0.15) is 12.3 Å². The van der Waals surface area contributed by atoms with E-state index in [0.29, 0.717) is 11.8 Å². The van der Waals surface area contributed by atoms with Crippen LogP contribution in [0, 0.1) is 17.6 Å². The highest BCUT2D eigenvalue weighted by Crippen LogP contribution is 2.58. The highest BCUT2D eigenvalue weighted by molar-refractivity contribution is 8.14. The van der Waals surface area contributed by atoms with Crippen molar-refractivity contribution in [3.63, 3.8) is 0 Å². The minimum Gasteiger partial charge on any atom is -0.443 e. The van der Waals surface area contributed by atoms with Crippen molar-refractivity contribution in [3.05, 3.63) is 35.4 Å². The third kappa shape index (κ3) is 5.91. The number of fused-ring (bicyclic) bond motifs is 1. The fourth-order valence-corrected chi connectivity index (χ4v) is 5.91. The zero-order chi connectivity index (χ0) is 23.9. The largest absolute Gasteiger partial charge is 0.443 e. The molecule has 1 aliphatic carbocycles.